The van der Waals surface area contributed by atoms with Crippen LogP contribution in [-0.2, 0) is 0 Å². The Balaban J connectivity index is 1.34. The van der Waals surface area contributed by atoms with Crippen molar-refractivity contribution in [3.05, 3.63) is 163 Å². The normalized spacial score (nSPS) is 11.6. The highest BCUT2D eigenvalue weighted by atomic mass is 16.3. The molecule has 0 N–H and O–H groups in total. The molecule has 5 nitrogen and oxygen atoms in total. The molecular weight excluding hydrogens is 601 g/mol. The highest BCUT2D eigenvalue weighted by Crippen LogP contribution is 2.44. The smallest absolute Gasteiger partial charge is 0.189 e. The van der Waals surface area contributed by atoms with Crippen molar-refractivity contribution in [3.8, 4) is 28.6 Å². The molecule has 0 unspecified atom stereocenters. The maximum atomic E-state index is 10.7. The minimum Gasteiger partial charge on any atom is -0.456 e. The van der Waals surface area contributed by atoms with E-state index >= 15 is 0 Å². The topological polar surface area (TPSA) is 51.1 Å². The summed E-state index contributed by atoms with van der Waals surface area (Å²) < 4.78 is 10.8. The van der Waals surface area contributed by atoms with Crippen LogP contribution in [0.25, 0.3) is 92.9 Å². The van der Waals surface area contributed by atoms with Crippen molar-refractivity contribution in [2.45, 2.75) is 0 Å². The molecule has 0 aliphatic carbocycles. The van der Waals surface area contributed by atoms with Crippen molar-refractivity contribution < 1.29 is 4.42 Å². The fraction of sp³-hybridized carbons (Fsp3) is 0. The number of nitriles is 1. The molecular formula is C44H24N4O. The number of hydrogen-bond donors (Lipinski definition) is 0. The molecule has 226 valence electrons. The Hall–Kier alpha value is -7.08. The Morgan fingerprint density at radius 1 is 0.571 bits per heavy atom. The Morgan fingerprint density at radius 3 is 1.90 bits per heavy atom. The summed E-state index contributed by atoms with van der Waals surface area (Å²) in [6.07, 6.45) is 0. The van der Waals surface area contributed by atoms with E-state index in [0.29, 0.717) is 11.3 Å². The first-order chi connectivity index (χ1) is 24.2. The average molecular weight is 625 g/mol. The molecule has 0 radical (unpaired) electrons. The van der Waals surface area contributed by atoms with Gasteiger partial charge in [0, 0.05) is 38.2 Å². The van der Waals surface area contributed by atoms with Crippen LogP contribution in [-0.4, -0.2) is 9.13 Å². The van der Waals surface area contributed by atoms with Crippen molar-refractivity contribution in [1.29, 1.82) is 5.26 Å². The van der Waals surface area contributed by atoms with Crippen molar-refractivity contribution in [2.24, 2.45) is 0 Å². The van der Waals surface area contributed by atoms with Crippen LogP contribution in [0.1, 0.15) is 5.56 Å². The summed E-state index contributed by atoms with van der Waals surface area (Å²) in [5, 5.41) is 17.2. The van der Waals surface area contributed by atoms with Gasteiger partial charge in [0.2, 0.25) is 0 Å². The van der Waals surface area contributed by atoms with E-state index in [4.69, 9.17) is 11.0 Å². The summed E-state index contributed by atoms with van der Waals surface area (Å²) in [7, 11) is 0. The van der Waals surface area contributed by atoms with Crippen molar-refractivity contribution in [1.82, 2.24) is 9.13 Å². The molecule has 0 saturated heterocycles. The predicted molar refractivity (Wildman–Crippen MR) is 199 cm³/mol. The highest BCUT2D eigenvalue weighted by molar-refractivity contribution is 6.24. The second-order valence-corrected chi connectivity index (χ2v) is 12.3. The molecule has 3 aromatic heterocycles. The van der Waals surface area contributed by atoms with Crippen LogP contribution in [0.4, 0.5) is 5.69 Å². The number of hydrogen-bond acceptors (Lipinski definition) is 2. The summed E-state index contributed by atoms with van der Waals surface area (Å²) >= 11 is 0. The first kappa shape index (κ1) is 27.1. The van der Waals surface area contributed by atoms with Gasteiger partial charge in [-0.3, -0.25) is 0 Å². The van der Waals surface area contributed by atoms with E-state index in [2.05, 4.69) is 111 Å². The summed E-state index contributed by atoms with van der Waals surface area (Å²) in [5.74, 6) is 0. The minimum atomic E-state index is 0.521. The van der Waals surface area contributed by atoms with E-state index in [9.17, 15) is 5.26 Å². The number of aromatic nitrogens is 2. The van der Waals surface area contributed by atoms with Gasteiger partial charge in [0.1, 0.15) is 17.2 Å². The van der Waals surface area contributed by atoms with Crippen molar-refractivity contribution >= 4 is 71.2 Å². The third kappa shape index (κ3) is 3.79. The molecule has 5 heteroatoms. The van der Waals surface area contributed by atoms with Gasteiger partial charge in [-0.25, -0.2) is 4.85 Å². The Labute approximate surface area is 280 Å². The van der Waals surface area contributed by atoms with E-state index in [0.717, 1.165) is 88.1 Å². The van der Waals surface area contributed by atoms with Gasteiger partial charge in [-0.2, -0.15) is 5.26 Å². The molecule has 10 rings (SSSR count). The molecule has 10 aromatic rings. The highest BCUT2D eigenvalue weighted by Gasteiger charge is 2.23. The van der Waals surface area contributed by atoms with Crippen LogP contribution < -0.4 is 0 Å². The number of benzene rings is 7. The number of para-hydroxylation sites is 5. The molecule has 0 aliphatic rings. The van der Waals surface area contributed by atoms with Gasteiger partial charge in [0.15, 0.2) is 5.69 Å². The zero-order valence-electron chi connectivity index (χ0n) is 26.1. The van der Waals surface area contributed by atoms with Gasteiger partial charge < -0.3 is 13.6 Å². The lowest BCUT2D eigenvalue weighted by Crippen LogP contribution is -2.02. The fourth-order valence-electron chi connectivity index (χ4n) is 7.75. The maximum Gasteiger partial charge on any atom is 0.189 e. The second-order valence-electron chi connectivity index (χ2n) is 12.3. The van der Waals surface area contributed by atoms with Gasteiger partial charge in [-0.15, -0.1) is 0 Å². The third-order valence-corrected chi connectivity index (χ3v) is 9.74. The SMILES string of the molecule is [C-]#[N+]c1cc(-c2cccc(C#N)c2-n2c3ccccc3c3ccc4oc5ccccc5c4c32)cc(-n2c3ccccc3c3ccccc32)c1. The van der Waals surface area contributed by atoms with Crippen molar-refractivity contribution in [2.75, 3.05) is 0 Å². The lowest BCUT2D eigenvalue weighted by molar-refractivity contribution is 0.669. The average Bonchev–Trinajstić information content (AvgIpc) is 3.82. The van der Waals surface area contributed by atoms with Gasteiger partial charge in [0.05, 0.1) is 45.3 Å². The zero-order chi connectivity index (χ0) is 32.6. The van der Waals surface area contributed by atoms with Crippen LogP contribution in [0.2, 0.25) is 0 Å². The number of furan rings is 1. The molecule has 7 aromatic carbocycles. The monoisotopic (exact) mass is 624 g/mol. The molecule has 0 atom stereocenters. The summed E-state index contributed by atoms with van der Waals surface area (Å²) in [6.45, 7) is 8.14. The molecule has 0 bridgehead atoms. The van der Waals surface area contributed by atoms with Crippen LogP contribution in [0, 0.1) is 17.9 Å². The van der Waals surface area contributed by atoms with E-state index in [-0.39, 0.29) is 0 Å². The van der Waals surface area contributed by atoms with E-state index in [1.165, 1.54) is 0 Å². The van der Waals surface area contributed by atoms with Crippen LogP contribution in [0.5, 0.6) is 0 Å². The first-order valence-corrected chi connectivity index (χ1v) is 16.1. The predicted octanol–water partition coefficient (Wildman–Crippen LogP) is 11.9. The molecule has 0 saturated carbocycles. The lowest BCUT2D eigenvalue weighted by Gasteiger charge is -2.18. The summed E-state index contributed by atoms with van der Waals surface area (Å²) in [4.78, 5) is 3.94. The Morgan fingerprint density at radius 2 is 1.20 bits per heavy atom. The largest absolute Gasteiger partial charge is 0.456 e. The summed E-state index contributed by atoms with van der Waals surface area (Å²) in [5.41, 5.74) is 10.1. The van der Waals surface area contributed by atoms with Gasteiger partial charge in [0.25, 0.3) is 0 Å². The first-order valence-electron chi connectivity index (χ1n) is 16.1. The molecule has 49 heavy (non-hydrogen) atoms. The molecule has 0 spiro atoms. The van der Waals surface area contributed by atoms with Crippen LogP contribution in [0.3, 0.4) is 0 Å². The van der Waals surface area contributed by atoms with Gasteiger partial charge >= 0.3 is 0 Å². The molecule has 0 amide bonds. The van der Waals surface area contributed by atoms with Gasteiger partial charge in [-0.05, 0) is 66.2 Å². The number of nitrogens with zero attached hydrogens (tertiary/aromatic N) is 4. The third-order valence-electron chi connectivity index (χ3n) is 9.74. The molecule has 0 fully saturated rings. The zero-order valence-corrected chi connectivity index (χ0v) is 26.1. The van der Waals surface area contributed by atoms with Crippen LogP contribution in [0.15, 0.2) is 150 Å². The maximum absolute atomic E-state index is 10.7. The van der Waals surface area contributed by atoms with Gasteiger partial charge in [-0.1, -0.05) is 84.9 Å². The van der Waals surface area contributed by atoms with Crippen molar-refractivity contribution in [3.63, 3.8) is 0 Å². The Bertz CT molecular complexity index is 3030. The minimum absolute atomic E-state index is 0.521. The van der Waals surface area contributed by atoms with E-state index in [1.807, 2.05) is 54.6 Å². The number of fused-ring (bicyclic) bond motifs is 10. The quantitative estimate of drug-likeness (QED) is 0.184. The number of rotatable bonds is 3. The molecule has 3 heterocycles. The Kier molecular flexibility index (Phi) is 5.64. The molecule has 0 aliphatic heterocycles. The second kappa shape index (κ2) is 10.2. The van der Waals surface area contributed by atoms with E-state index < -0.39 is 0 Å². The standard InChI is InChI=1S/C44H24N4O/c1-46-29-23-28(24-30(25-29)47-37-17-6-2-12-32(37)33-13-3-7-18-38(33)47)31-16-10-11-27(26-45)43(31)48-39-19-8-4-14-34(39)35-21-22-41-42(44(35)48)36-15-5-9-20-40(36)49-41/h2-25H. The fourth-order valence-corrected chi connectivity index (χ4v) is 7.75. The van der Waals surface area contributed by atoms with Crippen LogP contribution >= 0.6 is 0 Å². The van der Waals surface area contributed by atoms with E-state index in [1.54, 1.807) is 0 Å². The summed E-state index contributed by atoms with van der Waals surface area (Å²) in [6, 6.07) is 51.8. The lowest BCUT2D eigenvalue weighted by atomic mass is 9.98.